The van der Waals surface area contributed by atoms with Gasteiger partial charge in [-0.3, -0.25) is 4.79 Å². The zero-order valence-electron chi connectivity index (χ0n) is 11.7. The van der Waals surface area contributed by atoms with Gasteiger partial charge in [-0.15, -0.1) is 0 Å². The molecule has 1 amide bonds. The van der Waals surface area contributed by atoms with Crippen LogP contribution in [0.25, 0.3) is 0 Å². The van der Waals surface area contributed by atoms with E-state index in [1.165, 1.54) is 5.56 Å². The number of phenols is 1. The largest absolute Gasteiger partial charge is 0.508 e. The summed E-state index contributed by atoms with van der Waals surface area (Å²) in [5.41, 5.74) is 1.53. The number of benzene rings is 1. The molecule has 2 aromatic rings. The second kappa shape index (κ2) is 6.09. The van der Waals surface area contributed by atoms with Crippen molar-refractivity contribution in [1.29, 1.82) is 0 Å². The highest BCUT2D eigenvalue weighted by atomic mass is 32.1. The molecule has 1 aromatic carbocycles. The van der Waals surface area contributed by atoms with E-state index in [0.717, 1.165) is 12.0 Å². The van der Waals surface area contributed by atoms with Crippen LogP contribution in [0.4, 0.5) is 0 Å². The van der Waals surface area contributed by atoms with Gasteiger partial charge in [-0.1, -0.05) is 12.1 Å². The van der Waals surface area contributed by atoms with Gasteiger partial charge in [0, 0.05) is 6.54 Å². The van der Waals surface area contributed by atoms with Crippen molar-refractivity contribution in [2.75, 3.05) is 6.54 Å². The van der Waals surface area contributed by atoms with Crippen molar-refractivity contribution in [3.8, 4) is 5.75 Å². The molecule has 20 heavy (non-hydrogen) atoms. The third-order valence-corrected chi connectivity index (χ3v) is 4.17. The lowest BCUT2D eigenvalue weighted by molar-refractivity contribution is -0.125. The van der Waals surface area contributed by atoms with E-state index in [2.05, 4.69) is 16.8 Å². The Bertz CT molecular complexity index is 559. The predicted octanol–water partition coefficient (Wildman–Crippen LogP) is 3.09. The second-order valence-corrected chi connectivity index (χ2v) is 6.09. The molecule has 0 saturated heterocycles. The molecule has 0 aliphatic heterocycles. The third kappa shape index (κ3) is 3.39. The molecule has 0 spiro atoms. The summed E-state index contributed by atoms with van der Waals surface area (Å²) in [5.74, 6) is 0.209. The van der Waals surface area contributed by atoms with E-state index >= 15 is 0 Å². The first-order valence-electron chi connectivity index (χ1n) is 6.59. The molecule has 0 unspecified atom stereocenters. The highest BCUT2D eigenvalue weighted by Gasteiger charge is 2.29. The van der Waals surface area contributed by atoms with Crippen molar-refractivity contribution in [2.45, 2.75) is 25.7 Å². The van der Waals surface area contributed by atoms with Crippen LogP contribution in [0.2, 0.25) is 0 Å². The van der Waals surface area contributed by atoms with E-state index in [9.17, 15) is 9.90 Å². The second-order valence-electron chi connectivity index (χ2n) is 5.31. The van der Waals surface area contributed by atoms with Gasteiger partial charge < -0.3 is 10.4 Å². The molecule has 0 aliphatic carbocycles. The quantitative estimate of drug-likeness (QED) is 0.888. The van der Waals surface area contributed by atoms with Crippen molar-refractivity contribution in [1.82, 2.24) is 5.32 Å². The molecule has 1 aromatic heterocycles. The smallest absolute Gasteiger partial charge is 0.230 e. The van der Waals surface area contributed by atoms with Crippen molar-refractivity contribution in [2.24, 2.45) is 0 Å². The summed E-state index contributed by atoms with van der Waals surface area (Å²) >= 11 is 1.67. The van der Waals surface area contributed by atoms with E-state index in [0.29, 0.717) is 6.54 Å². The average Bonchev–Trinajstić information content (AvgIpc) is 2.92. The van der Waals surface area contributed by atoms with Crippen LogP contribution in [0.1, 0.15) is 25.0 Å². The topological polar surface area (TPSA) is 49.3 Å². The van der Waals surface area contributed by atoms with E-state index in [-0.39, 0.29) is 11.7 Å². The number of carbonyl (C=O) groups is 1. The summed E-state index contributed by atoms with van der Waals surface area (Å²) in [5, 5.41) is 16.4. The number of thiophene rings is 1. The minimum Gasteiger partial charge on any atom is -0.508 e. The molecule has 4 heteroatoms. The molecule has 0 saturated carbocycles. The number of rotatable bonds is 5. The maximum atomic E-state index is 12.3. The Kier molecular flexibility index (Phi) is 4.45. The minimum atomic E-state index is -0.609. The van der Waals surface area contributed by atoms with Gasteiger partial charge in [0.15, 0.2) is 0 Å². The SMILES string of the molecule is CC(C)(C(=O)NCCc1ccsc1)c1ccc(O)cc1. The summed E-state index contributed by atoms with van der Waals surface area (Å²) in [4.78, 5) is 12.3. The summed E-state index contributed by atoms with van der Waals surface area (Å²) < 4.78 is 0. The maximum Gasteiger partial charge on any atom is 0.230 e. The fourth-order valence-corrected chi connectivity index (χ4v) is 2.69. The summed E-state index contributed by atoms with van der Waals surface area (Å²) in [6, 6.07) is 8.86. The number of phenolic OH excluding ortho intramolecular Hbond substituents is 1. The van der Waals surface area contributed by atoms with Gasteiger partial charge in [0.25, 0.3) is 0 Å². The van der Waals surface area contributed by atoms with Crippen LogP contribution in [0.5, 0.6) is 5.75 Å². The summed E-state index contributed by atoms with van der Waals surface area (Å²) in [6.45, 7) is 4.41. The number of aromatic hydroxyl groups is 1. The van der Waals surface area contributed by atoms with Gasteiger partial charge in [-0.25, -0.2) is 0 Å². The van der Waals surface area contributed by atoms with Crippen molar-refractivity contribution >= 4 is 17.2 Å². The zero-order chi connectivity index (χ0) is 14.6. The summed E-state index contributed by atoms with van der Waals surface area (Å²) in [7, 11) is 0. The lowest BCUT2D eigenvalue weighted by Crippen LogP contribution is -2.40. The van der Waals surface area contributed by atoms with Gasteiger partial charge in [0.05, 0.1) is 5.41 Å². The molecule has 2 N–H and O–H groups in total. The van der Waals surface area contributed by atoms with Crippen LogP contribution in [0, 0.1) is 0 Å². The molecule has 0 fully saturated rings. The minimum absolute atomic E-state index is 0.00146. The van der Waals surface area contributed by atoms with Gasteiger partial charge >= 0.3 is 0 Å². The number of amides is 1. The predicted molar refractivity (Wildman–Crippen MR) is 82.2 cm³/mol. The molecule has 0 atom stereocenters. The van der Waals surface area contributed by atoms with E-state index in [1.54, 1.807) is 35.6 Å². The lowest BCUT2D eigenvalue weighted by atomic mass is 9.83. The van der Waals surface area contributed by atoms with E-state index < -0.39 is 5.41 Å². The van der Waals surface area contributed by atoms with Gasteiger partial charge in [0.2, 0.25) is 5.91 Å². The number of carbonyl (C=O) groups excluding carboxylic acids is 1. The molecule has 0 aliphatic rings. The third-order valence-electron chi connectivity index (χ3n) is 3.44. The Hall–Kier alpha value is -1.81. The van der Waals surface area contributed by atoms with Crippen molar-refractivity contribution in [3.63, 3.8) is 0 Å². The first-order chi connectivity index (χ1) is 9.50. The standard InChI is InChI=1S/C16H19NO2S/c1-16(2,13-3-5-14(18)6-4-13)15(19)17-9-7-12-8-10-20-11-12/h3-6,8,10-11,18H,7,9H2,1-2H3,(H,17,19). The van der Waals surface area contributed by atoms with Gasteiger partial charge in [-0.2, -0.15) is 11.3 Å². The van der Waals surface area contributed by atoms with Crippen molar-refractivity contribution in [3.05, 3.63) is 52.2 Å². The highest BCUT2D eigenvalue weighted by molar-refractivity contribution is 7.07. The fraction of sp³-hybridized carbons (Fsp3) is 0.312. The Labute approximate surface area is 123 Å². The fourth-order valence-electron chi connectivity index (χ4n) is 1.99. The zero-order valence-corrected chi connectivity index (χ0v) is 12.5. The van der Waals surface area contributed by atoms with E-state index in [1.807, 2.05) is 19.2 Å². The Morgan fingerprint density at radius 1 is 1.25 bits per heavy atom. The highest BCUT2D eigenvalue weighted by Crippen LogP contribution is 2.25. The number of nitrogens with one attached hydrogen (secondary N) is 1. The lowest BCUT2D eigenvalue weighted by Gasteiger charge is -2.24. The van der Waals surface area contributed by atoms with Crippen LogP contribution in [-0.4, -0.2) is 17.6 Å². The van der Waals surface area contributed by atoms with Crippen LogP contribution in [0.15, 0.2) is 41.1 Å². The first-order valence-corrected chi connectivity index (χ1v) is 7.53. The Morgan fingerprint density at radius 3 is 2.55 bits per heavy atom. The molecule has 2 rings (SSSR count). The molecule has 1 heterocycles. The summed E-state index contributed by atoms with van der Waals surface area (Å²) in [6.07, 6.45) is 0.848. The van der Waals surface area contributed by atoms with Crippen molar-refractivity contribution < 1.29 is 9.90 Å². The molecular formula is C16H19NO2S. The van der Waals surface area contributed by atoms with Gasteiger partial charge in [0.1, 0.15) is 5.75 Å². The molecule has 0 radical (unpaired) electrons. The maximum absolute atomic E-state index is 12.3. The van der Waals surface area contributed by atoms with E-state index in [4.69, 9.17) is 0 Å². The number of hydrogen-bond acceptors (Lipinski definition) is 3. The molecular weight excluding hydrogens is 270 g/mol. The van der Waals surface area contributed by atoms with Crippen LogP contribution >= 0.6 is 11.3 Å². The van der Waals surface area contributed by atoms with Crippen LogP contribution in [0.3, 0.4) is 0 Å². The molecule has 3 nitrogen and oxygen atoms in total. The normalized spacial score (nSPS) is 11.3. The number of hydrogen-bond donors (Lipinski definition) is 2. The van der Waals surface area contributed by atoms with Gasteiger partial charge in [-0.05, 0) is 60.4 Å². The Morgan fingerprint density at radius 2 is 1.95 bits per heavy atom. The molecule has 106 valence electrons. The van der Waals surface area contributed by atoms with Crippen LogP contribution in [-0.2, 0) is 16.6 Å². The van der Waals surface area contributed by atoms with Crippen LogP contribution < -0.4 is 5.32 Å². The monoisotopic (exact) mass is 289 g/mol. The Balaban J connectivity index is 1.94. The first kappa shape index (κ1) is 14.6. The average molecular weight is 289 g/mol. The molecule has 0 bridgehead atoms.